The molecule has 2 aromatic carbocycles. The van der Waals surface area contributed by atoms with Gasteiger partial charge in [0.25, 0.3) is 5.91 Å². The highest BCUT2D eigenvalue weighted by Gasteiger charge is 2.19. The van der Waals surface area contributed by atoms with Crippen LogP contribution in [0.25, 0.3) is 5.69 Å². The molecule has 0 fully saturated rings. The van der Waals surface area contributed by atoms with E-state index in [-0.39, 0.29) is 5.91 Å². The highest BCUT2D eigenvalue weighted by Crippen LogP contribution is 2.12. The van der Waals surface area contributed by atoms with E-state index in [0.717, 1.165) is 11.3 Å². The lowest BCUT2D eigenvalue weighted by atomic mass is 10.2. The number of tetrazole rings is 1. The van der Waals surface area contributed by atoms with Crippen molar-refractivity contribution in [3.8, 4) is 11.4 Å². The number of carbonyl (C=O) groups is 2. The predicted molar refractivity (Wildman–Crippen MR) is 98.9 cm³/mol. The second-order valence-corrected chi connectivity index (χ2v) is 5.92. The maximum absolute atomic E-state index is 12.3. The number of aromatic nitrogens is 4. The molecule has 3 rings (SSSR count). The third kappa shape index (κ3) is 4.70. The number of rotatable bonds is 7. The molecule has 28 heavy (non-hydrogen) atoms. The van der Waals surface area contributed by atoms with E-state index in [1.54, 1.807) is 31.4 Å². The fourth-order valence-electron chi connectivity index (χ4n) is 2.41. The molecule has 0 aliphatic rings. The molecule has 1 heterocycles. The minimum atomic E-state index is -0.942. The van der Waals surface area contributed by atoms with E-state index in [9.17, 15) is 9.59 Å². The van der Waals surface area contributed by atoms with Crippen LogP contribution >= 0.6 is 0 Å². The van der Waals surface area contributed by atoms with Crippen molar-refractivity contribution in [1.82, 2.24) is 25.5 Å². The Kier molecular flexibility index (Phi) is 5.95. The summed E-state index contributed by atoms with van der Waals surface area (Å²) in [4.78, 5) is 24.6. The molecule has 1 N–H and O–H groups in total. The van der Waals surface area contributed by atoms with Gasteiger partial charge in [0.05, 0.1) is 18.4 Å². The van der Waals surface area contributed by atoms with Crippen molar-refractivity contribution < 1.29 is 19.1 Å². The predicted octanol–water partition coefficient (Wildman–Crippen LogP) is 1.53. The van der Waals surface area contributed by atoms with Gasteiger partial charge in [0, 0.05) is 6.54 Å². The fraction of sp³-hybridized carbons (Fsp3) is 0.211. The summed E-state index contributed by atoms with van der Waals surface area (Å²) >= 11 is 0. The van der Waals surface area contributed by atoms with Gasteiger partial charge in [0.1, 0.15) is 12.1 Å². The first-order valence-electron chi connectivity index (χ1n) is 8.52. The van der Waals surface area contributed by atoms with Gasteiger partial charge in [0.2, 0.25) is 0 Å². The maximum atomic E-state index is 12.3. The first-order valence-corrected chi connectivity index (χ1v) is 8.52. The van der Waals surface area contributed by atoms with Gasteiger partial charge >= 0.3 is 5.97 Å². The van der Waals surface area contributed by atoms with Crippen LogP contribution in [-0.2, 0) is 16.1 Å². The quantitative estimate of drug-likeness (QED) is 0.618. The van der Waals surface area contributed by atoms with Crippen molar-refractivity contribution in [3.63, 3.8) is 0 Å². The van der Waals surface area contributed by atoms with E-state index >= 15 is 0 Å². The summed E-state index contributed by atoms with van der Waals surface area (Å²) in [5.74, 6) is -0.260. The number of ether oxygens (including phenoxy) is 2. The first-order chi connectivity index (χ1) is 13.6. The van der Waals surface area contributed by atoms with E-state index < -0.39 is 12.1 Å². The highest BCUT2D eigenvalue weighted by molar-refractivity contribution is 5.92. The number of benzene rings is 2. The Balaban J connectivity index is 1.56. The molecule has 144 valence electrons. The van der Waals surface area contributed by atoms with Gasteiger partial charge in [-0.3, -0.25) is 4.79 Å². The Morgan fingerprint density at radius 2 is 1.96 bits per heavy atom. The van der Waals surface area contributed by atoms with E-state index in [4.69, 9.17) is 9.47 Å². The van der Waals surface area contributed by atoms with Crippen molar-refractivity contribution in [2.45, 2.75) is 19.6 Å². The van der Waals surface area contributed by atoms with E-state index in [1.807, 2.05) is 24.3 Å². The molecule has 0 aliphatic carbocycles. The smallest absolute Gasteiger partial charge is 0.338 e. The van der Waals surface area contributed by atoms with Crippen LogP contribution in [0.1, 0.15) is 22.8 Å². The van der Waals surface area contributed by atoms with Crippen LogP contribution in [0.2, 0.25) is 0 Å². The van der Waals surface area contributed by atoms with E-state index in [1.165, 1.54) is 17.9 Å². The second kappa shape index (κ2) is 8.76. The number of nitrogens with zero attached hydrogens (tertiary/aromatic N) is 4. The normalized spacial score (nSPS) is 11.5. The Bertz CT molecular complexity index is 941. The molecule has 9 heteroatoms. The third-order valence-electron chi connectivity index (χ3n) is 3.97. The average molecular weight is 381 g/mol. The molecule has 3 aromatic rings. The Hall–Kier alpha value is -3.75. The summed E-state index contributed by atoms with van der Waals surface area (Å²) in [7, 11) is 1.59. The maximum Gasteiger partial charge on any atom is 0.338 e. The van der Waals surface area contributed by atoms with Crippen molar-refractivity contribution in [2.75, 3.05) is 7.11 Å². The largest absolute Gasteiger partial charge is 0.497 e. The monoisotopic (exact) mass is 381 g/mol. The Labute approximate surface area is 161 Å². The Morgan fingerprint density at radius 3 is 2.64 bits per heavy atom. The number of nitrogens with one attached hydrogen (secondary N) is 1. The second-order valence-electron chi connectivity index (χ2n) is 5.92. The zero-order valence-corrected chi connectivity index (χ0v) is 15.4. The molecular formula is C19H19N5O4. The molecule has 0 saturated heterocycles. The van der Waals surface area contributed by atoms with Gasteiger partial charge < -0.3 is 14.8 Å². The molecule has 0 bridgehead atoms. The highest BCUT2D eigenvalue weighted by atomic mass is 16.5. The summed E-state index contributed by atoms with van der Waals surface area (Å²) in [5, 5.41) is 13.6. The number of esters is 1. The van der Waals surface area contributed by atoms with Gasteiger partial charge in [-0.25, -0.2) is 9.48 Å². The van der Waals surface area contributed by atoms with Crippen LogP contribution in [0.5, 0.6) is 5.75 Å². The number of amides is 1. The molecule has 1 atom stereocenters. The summed E-state index contributed by atoms with van der Waals surface area (Å²) in [6.07, 6.45) is 0.474. The summed E-state index contributed by atoms with van der Waals surface area (Å²) in [6.45, 7) is 1.84. The van der Waals surface area contributed by atoms with Gasteiger partial charge in [0.15, 0.2) is 6.10 Å². The van der Waals surface area contributed by atoms with E-state index in [2.05, 4.69) is 20.8 Å². The summed E-state index contributed by atoms with van der Waals surface area (Å²) in [5.41, 5.74) is 1.81. The van der Waals surface area contributed by atoms with Crippen LogP contribution in [-0.4, -0.2) is 45.3 Å². The van der Waals surface area contributed by atoms with Gasteiger partial charge in [-0.1, -0.05) is 18.2 Å². The molecule has 1 amide bonds. The lowest BCUT2D eigenvalue weighted by Gasteiger charge is -2.14. The molecule has 1 unspecified atom stereocenters. The van der Waals surface area contributed by atoms with Gasteiger partial charge in [-0.05, 0) is 53.2 Å². The van der Waals surface area contributed by atoms with Crippen molar-refractivity contribution in [1.29, 1.82) is 0 Å². The van der Waals surface area contributed by atoms with Crippen molar-refractivity contribution in [3.05, 3.63) is 66.0 Å². The summed E-state index contributed by atoms with van der Waals surface area (Å²) in [6, 6.07) is 13.9. The summed E-state index contributed by atoms with van der Waals surface area (Å²) < 4.78 is 11.8. The van der Waals surface area contributed by atoms with Crippen LogP contribution in [0.3, 0.4) is 0 Å². The number of hydrogen-bond acceptors (Lipinski definition) is 7. The molecule has 0 spiro atoms. The molecule has 0 radical (unpaired) electrons. The molecule has 1 aromatic heterocycles. The van der Waals surface area contributed by atoms with Crippen molar-refractivity contribution >= 4 is 11.9 Å². The third-order valence-corrected chi connectivity index (χ3v) is 3.97. The van der Waals surface area contributed by atoms with Gasteiger partial charge in [-0.15, -0.1) is 5.10 Å². The number of hydrogen-bond donors (Lipinski definition) is 1. The fourth-order valence-corrected chi connectivity index (χ4v) is 2.41. The van der Waals surface area contributed by atoms with Crippen LogP contribution < -0.4 is 10.1 Å². The zero-order chi connectivity index (χ0) is 19.9. The lowest BCUT2D eigenvalue weighted by Crippen LogP contribution is -2.35. The molecule has 0 saturated carbocycles. The SMILES string of the molecule is COc1ccc(CNC(=O)C(C)OC(=O)c2cccc(-n3cnnn3)c2)cc1. The topological polar surface area (TPSA) is 108 Å². The molecule has 9 nitrogen and oxygen atoms in total. The molecule has 0 aliphatic heterocycles. The molecular weight excluding hydrogens is 362 g/mol. The van der Waals surface area contributed by atoms with Crippen LogP contribution in [0.4, 0.5) is 0 Å². The first kappa shape index (κ1) is 19.0. The number of carbonyl (C=O) groups excluding carboxylic acids is 2. The Morgan fingerprint density at radius 1 is 1.18 bits per heavy atom. The van der Waals surface area contributed by atoms with Crippen LogP contribution in [0, 0.1) is 0 Å². The van der Waals surface area contributed by atoms with E-state index in [0.29, 0.717) is 17.8 Å². The van der Waals surface area contributed by atoms with Gasteiger partial charge in [-0.2, -0.15) is 0 Å². The zero-order valence-electron chi connectivity index (χ0n) is 15.4. The van der Waals surface area contributed by atoms with Crippen molar-refractivity contribution in [2.24, 2.45) is 0 Å². The minimum absolute atomic E-state index is 0.294. The minimum Gasteiger partial charge on any atom is -0.497 e. The number of methoxy groups -OCH3 is 1. The lowest BCUT2D eigenvalue weighted by molar-refractivity contribution is -0.129. The average Bonchev–Trinajstić information content (AvgIpc) is 3.27. The standard InChI is InChI=1S/C19H19N5O4/c1-13(18(25)20-11-14-6-8-17(27-2)9-7-14)28-19(26)15-4-3-5-16(10-15)24-12-21-22-23-24/h3-10,12-13H,11H2,1-2H3,(H,20,25). The van der Waals surface area contributed by atoms with Crippen LogP contribution in [0.15, 0.2) is 54.9 Å².